The molecule has 0 aliphatic heterocycles. The van der Waals surface area contributed by atoms with Crippen LogP contribution in [0.4, 0.5) is 0 Å². The molecule has 7 heteroatoms. The van der Waals surface area contributed by atoms with Crippen LogP contribution >= 0.6 is 11.5 Å². The molecule has 1 atom stereocenters. The Kier molecular flexibility index (Phi) is 3.84. The summed E-state index contributed by atoms with van der Waals surface area (Å²) in [6.45, 7) is 2.69. The summed E-state index contributed by atoms with van der Waals surface area (Å²) in [7, 11) is 0. The molecule has 1 saturated carbocycles. The highest BCUT2D eigenvalue weighted by Crippen LogP contribution is 2.32. The number of hydrogen-bond donors (Lipinski definition) is 1. The maximum absolute atomic E-state index is 5.35. The smallest absolute Gasteiger partial charge is 0.243 e. The zero-order valence-corrected chi connectivity index (χ0v) is 11.7. The van der Waals surface area contributed by atoms with Crippen LogP contribution in [0.5, 0.6) is 0 Å². The van der Waals surface area contributed by atoms with Gasteiger partial charge >= 0.3 is 0 Å². The van der Waals surface area contributed by atoms with Gasteiger partial charge in [-0.1, -0.05) is 22.5 Å². The second kappa shape index (κ2) is 5.75. The van der Waals surface area contributed by atoms with Crippen LogP contribution in [-0.2, 0) is 6.54 Å². The molecule has 1 N–H and O–H groups in total. The molecule has 0 spiro atoms. The first-order valence-corrected chi connectivity index (χ1v) is 7.49. The molecule has 3 rings (SSSR count). The molecule has 102 valence electrons. The Morgan fingerprint density at radius 1 is 1.47 bits per heavy atom. The van der Waals surface area contributed by atoms with Gasteiger partial charge in [-0.05, 0) is 31.3 Å². The van der Waals surface area contributed by atoms with Crippen LogP contribution < -0.4 is 5.32 Å². The fourth-order valence-electron chi connectivity index (χ4n) is 2.38. The summed E-state index contributed by atoms with van der Waals surface area (Å²) in [6.07, 6.45) is 4.93. The third kappa shape index (κ3) is 2.98. The van der Waals surface area contributed by atoms with Gasteiger partial charge in [0.2, 0.25) is 5.89 Å². The highest BCUT2D eigenvalue weighted by molar-refractivity contribution is 7.03. The van der Waals surface area contributed by atoms with Gasteiger partial charge in [0.1, 0.15) is 0 Å². The number of nitrogens with zero attached hydrogens (tertiary/aromatic N) is 4. The Balaban J connectivity index is 1.58. The lowest BCUT2D eigenvalue weighted by Gasteiger charge is -2.07. The molecule has 1 aliphatic carbocycles. The third-order valence-electron chi connectivity index (χ3n) is 3.54. The van der Waals surface area contributed by atoms with E-state index in [1.807, 2.05) is 12.3 Å². The number of rotatable bonds is 5. The first kappa shape index (κ1) is 12.7. The molecule has 19 heavy (non-hydrogen) atoms. The van der Waals surface area contributed by atoms with E-state index in [1.54, 1.807) is 0 Å². The van der Waals surface area contributed by atoms with Crippen LogP contribution in [0.3, 0.4) is 0 Å². The molecule has 6 nitrogen and oxygen atoms in total. The summed E-state index contributed by atoms with van der Waals surface area (Å²) < 4.78 is 9.18. The molecule has 0 saturated heterocycles. The summed E-state index contributed by atoms with van der Waals surface area (Å²) in [5, 5.41) is 13.3. The molecular weight excluding hydrogens is 262 g/mol. The van der Waals surface area contributed by atoms with Crippen molar-refractivity contribution in [1.29, 1.82) is 0 Å². The van der Waals surface area contributed by atoms with E-state index in [1.165, 1.54) is 37.2 Å². The topological polar surface area (TPSA) is 76.7 Å². The normalized spacial score (nSPS) is 17.9. The maximum atomic E-state index is 5.35. The van der Waals surface area contributed by atoms with Crippen molar-refractivity contribution in [2.45, 2.75) is 51.1 Å². The summed E-state index contributed by atoms with van der Waals surface area (Å²) >= 11 is 1.36. The average molecular weight is 279 g/mol. The Labute approximate surface area is 115 Å². The maximum Gasteiger partial charge on any atom is 0.243 e. The Morgan fingerprint density at radius 2 is 2.32 bits per heavy atom. The SMILES string of the molecule is CC(NCc1csnn1)c1nc(C2CCCC2)no1. The van der Waals surface area contributed by atoms with Gasteiger partial charge in [0.25, 0.3) is 0 Å². The first-order valence-electron chi connectivity index (χ1n) is 6.66. The molecule has 1 aliphatic rings. The lowest BCUT2D eigenvalue weighted by atomic mass is 10.1. The van der Waals surface area contributed by atoms with Gasteiger partial charge in [-0.3, -0.25) is 0 Å². The zero-order chi connectivity index (χ0) is 13.1. The van der Waals surface area contributed by atoms with E-state index in [4.69, 9.17) is 4.52 Å². The largest absolute Gasteiger partial charge is 0.338 e. The van der Waals surface area contributed by atoms with E-state index >= 15 is 0 Å². The molecule has 1 unspecified atom stereocenters. The van der Waals surface area contributed by atoms with Crippen LogP contribution in [0.2, 0.25) is 0 Å². The van der Waals surface area contributed by atoms with E-state index in [-0.39, 0.29) is 6.04 Å². The number of hydrogen-bond acceptors (Lipinski definition) is 7. The van der Waals surface area contributed by atoms with Gasteiger partial charge in [0, 0.05) is 17.8 Å². The second-order valence-electron chi connectivity index (χ2n) is 4.97. The van der Waals surface area contributed by atoms with Crippen LogP contribution in [-0.4, -0.2) is 19.7 Å². The van der Waals surface area contributed by atoms with E-state index in [0.29, 0.717) is 18.4 Å². The fraction of sp³-hybridized carbons (Fsp3) is 0.667. The molecule has 2 aromatic rings. The van der Waals surface area contributed by atoms with E-state index in [0.717, 1.165) is 11.5 Å². The van der Waals surface area contributed by atoms with Gasteiger partial charge in [-0.2, -0.15) is 4.98 Å². The van der Waals surface area contributed by atoms with Crippen LogP contribution in [0.15, 0.2) is 9.90 Å². The minimum atomic E-state index is 0.0318. The van der Waals surface area contributed by atoms with Crippen molar-refractivity contribution in [3.63, 3.8) is 0 Å². The quantitative estimate of drug-likeness (QED) is 0.905. The molecule has 0 amide bonds. The molecule has 1 fully saturated rings. The second-order valence-corrected chi connectivity index (χ2v) is 5.58. The number of aromatic nitrogens is 4. The van der Waals surface area contributed by atoms with Crippen LogP contribution in [0.25, 0.3) is 0 Å². The van der Waals surface area contributed by atoms with E-state index < -0.39 is 0 Å². The highest BCUT2D eigenvalue weighted by atomic mass is 32.1. The zero-order valence-electron chi connectivity index (χ0n) is 10.9. The summed E-state index contributed by atoms with van der Waals surface area (Å²) in [5.74, 6) is 2.02. The predicted molar refractivity (Wildman–Crippen MR) is 70.7 cm³/mol. The van der Waals surface area contributed by atoms with Crippen molar-refractivity contribution in [3.8, 4) is 0 Å². The Morgan fingerprint density at radius 3 is 3.05 bits per heavy atom. The van der Waals surface area contributed by atoms with Crippen molar-refractivity contribution in [2.75, 3.05) is 0 Å². The van der Waals surface area contributed by atoms with E-state index in [9.17, 15) is 0 Å². The Hall–Kier alpha value is -1.34. The van der Waals surface area contributed by atoms with Crippen LogP contribution in [0.1, 0.15) is 62.0 Å². The number of nitrogens with one attached hydrogen (secondary N) is 1. The minimum absolute atomic E-state index is 0.0318. The third-order valence-corrected chi connectivity index (χ3v) is 4.10. The minimum Gasteiger partial charge on any atom is -0.338 e. The lowest BCUT2D eigenvalue weighted by molar-refractivity contribution is 0.333. The summed E-state index contributed by atoms with van der Waals surface area (Å²) in [4.78, 5) is 4.52. The molecule has 0 bridgehead atoms. The van der Waals surface area contributed by atoms with Crippen LogP contribution in [0, 0.1) is 0 Å². The van der Waals surface area contributed by atoms with Crippen molar-refractivity contribution in [1.82, 2.24) is 25.0 Å². The van der Waals surface area contributed by atoms with Gasteiger partial charge in [0.05, 0.1) is 11.7 Å². The van der Waals surface area contributed by atoms with Gasteiger partial charge < -0.3 is 9.84 Å². The molecule has 2 heterocycles. The highest BCUT2D eigenvalue weighted by Gasteiger charge is 2.23. The van der Waals surface area contributed by atoms with Gasteiger partial charge in [-0.25, -0.2) is 0 Å². The van der Waals surface area contributed by atoms with Gasteiger partial charge in [0.15, 0.2) is 5.82 Å². The monoisotopic (exact) mass is 279 g/mol. The fourth-order valence-corrected chi connectivity index (χ4v) is 2.83. The Bertz CT molecular complexity index is 506. The average Bonchev–Trinajstić information content (AvgIpc) is 3.14. The molecular formula is C12H17N5OS. The standard InChI is InChI=1S/C12H17N5OS/c1-8(13-6-10-7-19-17-15-10)12-14-11(16-18-12)9-4-2-3-5-9/h7-9,13H,2-6H2,1H3. The van der Waals surface area contributed by atoms with Crippen molar-refractivity contribution in [2.24, 2.45) is 0 Å². The van der Waals surface area contributed by atoms with Gasteiger partial charge in [-0.15, -0.1) is 5.10 Å². The first-order chi connectivity index (χ1) is 9.33. The van der Waals surface area contributed by atoms with Crippen molar-refractivity contribution in [3.05, 3.63) is 22.8 Å². The molecule has 2 aromatic heterocycles. The summed E-state index contributed by atoms with van der Waals surface area (Å²) in [5.41, 5.74) is 0.937. The van der Waals surface area contributed by atoms with E-state index in [2.05, 4.69) is 25.0 Å². The summed E-state index contributed by atoms with van der Waals surface area (Å²) in [6, 6.07) is 0.0318. The molecule has 0 aromatic carbocycles. The van der Waals surface area contributed by atoms with Crippen molar-refractivity contribution < 1.29 is 4.52 Å². The van der Waals surface area contributed by atoms with Crippen molar-refractivity contribution >= 4 is 11.5 Å². The predicted octanol–water partition coefficient (Wildman–Crippen LogP) is 2.43. The lowest BCUT2D eigenvalue weighted by Crippen LogP contribution is -2.18. The molecule has 0 radical (unpaired) electrons.